The number of fused-ring (bicyclic) bond motifs is 1. The molecule has 3 aromatic rings. The minimum atomic E-state index is -0.236. The van der Waals surface area contributed by atoms with E-state index in [2.05, 4.69) is 21.9 Å². The Labute approximate surface area is 149 Å². The summed E-state index contributed by atoms with van der Waals surface area (Å²) < 4.78 is 12.7. The van der Waals surface area contributed by atoms with Gasteiger partial charge in [-0.1, -0.05) is 13.3 Å². The standard InChI is InChI=1S/C17H20N4O3S/c1-4-5-8-21-15-14(16(22)19-10-18-15)20-17(21)25-13-9-11(23-2)6-7-12(13)24-3/h6-7,9-10H,4-5,8H2,1-3H3,(H,18,19,22). The predicted molar refractivity (Wildman–Crippen MR) is 96.7 cm³/mol. The van der Waals surface area contributed by atoms with E-state index in [1.165, 1.54) is 18.1 Å². The van der Waals surface area contributed by atoms with E-state index in [0.29, 0.717) is 16.3 Å². The molecule has 3 rings (SSSR count). The van der Waals surface area contributed by atoms with E-state index in [9.17, 15) is 4.79 Å². The van der Waals surface area contributed by atoms with E-state index in [-0.39, 0.29) is 5.56 Å². The van der Waals surface area contributed by atoms with Crippen molar-refractivity contribution in [1.82, 2.24) is 19.5 Å². The van der Waals surface area contributed by atoms with E-state index < -0.39 is 0 Å². The number of methoxy groups -OCH3 is 2. The molecule has 1 N–H and O–H groups in total. The highest BCUT2D eigenvalue weighted by Crippen LogP contribution is 2.37. The van der Waals surface area contributed by atoms with Crippen LogP contribution in [0.15, 0.2) is 39.4 Å². The van der Waals surface area contributed by atoms with Crippen molar-refractivity contribution >= 4 is 22.9 Å². The van der Waals surface area contributed by atoms with Gasteiger partial charge in [0, 0.05) is 6.54 Å². The third-order valence-electron chi connectivity index (χ3n) is 3.81. The summed E-state index contributed by atoms with van der Waals surface area (Å²) in [6.45, 7) is 2.87. The molecule has 25 heavy (non-hydrogen) atoms. The second kappa shape index (κ2) is 7.60. The maximum Gasteiger partial charge on any atom is 0.278 e. The van der Waals surface area contributed by atoms with Crippen LogP contribution in [-0.4, -0.2) is 33.7 Å². The number of rotatable bonds is 7. The molecule has 132 valence electrons. The maximum absolute atomic E-state index is 12.1. The first-order valence-corrected chi connectivity index (χ1v) is 8.83. The van der Waals surface area contributed by atoms with Crippen molar-refractivity contribution in [3.8, 4) is 11.5 Å². The van der Waals surface area contributed by atoms with Gasteiger partial charge in [0.2, 0.25) is 0 Å². The molecule has 0 fully saturated rings. The first kappa shape index (κ1) is 17.3. The van der Waals surface area contributed by atoms with E-state index in [0.717, 1.165) is 35.8 Å². The first-order chi connectivity index (χ1) is 12.2. The molecule has 8 heteroatoms. The normalized spacial score (nSPS) is 11.0. The van der Waals surface area contributed by atoms with Crippen LogP contribution in [0.3, 0.4) is 0 Å². The highest BCUT2D eigenvalue weighted by molar-refractivity contribution is 7.99. The Kier molecular flexibility index (Phi) is 5.28. The van der Waals surface area contributed by atoms with Gasteiger partial charge in [-0.2, -0.15) is 0 Å². The molecule has 0 spiro atoms. The molecule has 0 amide bonds. The first-order valence-electron chi connectivity index (χ1n) is 8.01. The van der Waals surface area contributed by atoms with Gasteiger partial charge in [-0.25, -0.2) is 9.97 Å². The lowest BCUT2D eigenvalue weighted by Gasteiger charge is -2.11. The van der Waals surface area contributed by atoms with Crippen molar-refractivity contribution in [3.05, 3.63) is 34.9 Å². The molecule has 0 aliphatic rings. The van der Waals surface area contributed by atoms with E-state index >= 15 is 0 Å². The van der Waals surface area contributed by atoms with Crippen molar-refractivity contribution in [3.63, 3.8) is 0 Å². The second-order valence-corrected chi connectivity index (χ2v) is 6.43. The lowest BCUT2D eigenvalue weighted by atomic mass is 10.3. The molecular weight excluding hydrogens is 340 g/mol. The largest absolute Gasteiger partial charge is 0.497 e. The Bertz CT molecular complexity index is 935. The number of aryl methyl sites for hydroxylation is 1. The molecular formula is C17H20N4O3S. The van der Waals surface area contributed by atoms with Gasteiger partial charge in [0.25, 0.3) is 5.56 Å². The minimum Gasteiger partial charge on any atom is -0.497 e. The smallest absolute Gasteiger partial charge is 0.278 e. The zero-order valence-corrected chi connectivity index (χ0v) is 15.2. The Balaban J connectivity index is 2.09. The number of H-pyrrole nitrogens is 1. The van der Waals surface area contributed by atoms with Crippen LogP contribution in [0.1, 0.15) is 19.8 Å². The predicted octanol–water partition coefficient (Wildman–Crippen LogP) is 3.09. The summed E-state index contributed by atoms with van der Waals surface area (Å²) >= 11 is 1.43. The summed E-state index contributed by atoms with van der Waals surface area (Å²) in [5.41, 5.74) is 0.712. The zero-order chi connectivity index (χ0) is 17.8. The molecule has 0 bridgehead atoms. The summed E-state index contributed by atoms with van der Waals surface area (Å²) in [4.78, 5) is 24.3. The van der Waals surface area contributed by atoms with Crippen LogP contribution in [0.25, 0.3) is 11.2 Å². The lowest BCUT2D eigenvalue weighted by Crippen LogP contribution is -2.07. The maximum atomic E-state index is 12.1. The molecule has 2 heterocycles. The molecule has 0 radical (unpaired) electrons. The highest BCUT2D eigenvalue weighted by atomic mass is 32.2. The van der Waals surface area contributed by atoms with Crippen LogP contribution in [0.2, 0.25) is 0 Å². The summed E-state index contributed by atoms with van der Waals surface area (Å²) in [5, 5.41) is 0.708. The van der Waals surface area contributed by atoms with Crippen molar-refractivity contribution in [2.75, 3.05) is 14.2 Å². The van der Waals surface area contributed by atoms with Crippen LogP contribution in [0.4, 0.5) is 0 Å². The van der Waals surface area contributed by atoms with Gasteiger partial charge in [0.05, 0.1) is 25.4 Å². The van der Waals surface area contributed by atoms with Crippen LogP contribution < -0.4 is 15.0 Å². The zero-order valence-electron chi connectivity index (χ0n) is 14.4. The van der Waals surface area contributed by atoms with Gasteiger partial charge in [0.1, 0.15) is 11.5 Å². The number of aromatic amines is 1. The molecule has 0 atom stereocenters. The average molecular weight is 360 g/mol. The van der Waals surface area contributed by atoms with Gasteiger partial charge < -0.3 is 19.0 Å². The highest BCUT2D eigenvalue weighted by Gasteiger charge is 2.17. The molecule has 0 unspecified atom stereocenters. The number of nitrogens with zero attached hydrogens (tertiary/aromatic N) is 3. The summed E-state index contributed by atoms with van der Waals surface area (Å²) in [7, 11) is 3.24. The quantitative estimate of drug-likeness (QED) is 0.697. The Morgan fingerprint density at radius 3 is 2.84 bits per heavy atom. The molecule has 1 aromatic carbocycles. The van der Waals surface area contributed by atoms with Crippen LogP contribution in [0.5, 0.6) is 11.5 Å². The number of aromatic nitrogens is 4. The SMILES string of the molecule is CCCCn1c(Sc2cc(OC)ccc2OC)nc2c(=O)[nH]cnc21. The Morgan fingerprint density at radius 1 is 1.28 bits per heavy atom. The number of hydrogen-bond acceptors (Lipinski definition) is 6. The van der Waals surface area contributed by atoms with Gasteiger partial charge in [-0.15, -0.1) is 0 Å². The van der Waals surface area contributed by atoms with E-state index in [1.54, 1.807) is 14.2 Å². The number of imidazole rings is 1. The second-order valence-electron chi connectivity index (χ2n) is 5.42. The fourth-order valence-electron chi connectivity index (χ4n) is 2.49. The molecule has 2 aromatic heterocycles. The molecule has 0 aliphatic heterocycles. The molecule has 0 aliphatic carbocycles. The van der Waals surface area contributed by atoms with Gasteiger partial charge in [-0.3, -0.25) is 4.79 Å². The van der Waals surface area contributed by atoms with E-state index in [4.69, 9.17) is 9.47 Å². The Hall–Kier alpha value is -2.48. The summed E-state index contributed by atoms with van der Waals surface area (Å²) in [5.74, 6) is 1.46. The lowest BCUT2D eigenvalue weighted by molar-refractivity contribution is 0.394. The van der Waals surface area contributed by atoms with Gasteiger partial charge >= 0.3 is 0 Å². The van der Waals surface area contributed by atoms with Crippen LogP contribution >= 0.6 is 11.8 Å². The summed E-state index contributed by atoms with van der Waals surface area (Å²) in [6, 6.07) is 5.59. The van der Waals surface area contributed by atoms with Crippen molar-refractivity contribution in [2.24, 2.45) is 0 Å². The van der Waals surface area contributed by atoms with Gasteiger partial charge in [0.15, 0.2) is 16.3 Å². The molecule has 0 saturated heterocycles. The Morgan fingerprint density at radius 2 is 2.12 bits per heavy atom. The van der Waals surface area contributed by atoms with Crippen molar-refractivity contribution in [1.29, 1.82) is 0 Å². The number of benzene rings is 1. The van der Waals surface area contributed by atoms with Crippen LogP contribution in [0, 0.1) is 0 Å². The van der Waals surface area contributed by atoms with Gasteiger partial charge in [-0.05, 0) is 36.4 Å². The number of unbranched alkanes of at least 4 members (excludes halogenated alkanes) is 1. The van der Waals surface area contributed by atoms with Crippen molar-refractivity contribution in [2.45, 2.75) is 36.4 Å². The minimum absolute atomic E-state index is 0.236. The van der Waals surface area contributed by atoms with Crippen molar-refractivity contribution < 1.29 is 9.47 Å². The molecule has 0 saturated carbocycles. The van der Waals surface area contributed by atoms with Crippen LogP contribution in [-0.2, 0) is 6.54 Å². The monoisotopic (exact) mass is 360 g/mol. The average Bonchev–Trinajstić information content (AvgIpc) is 2.98. The topological polar surface area (TPSA) is 82.0 Å². The third-order valence-corrected chi connectivity index (χ3v) is 4.84. The molecule has 7 nitrogen and oxygen atoms in total. The third kappa shape index (κ3) is 3.48. The summed E-state index contributed by atoms with van der Waals surface area (Å²) in [6.07, 6.45) is 3.42. The fraction of sp³-hybridized carbons (Fsp3) is 0.353. The van der Waals surface area contributed by atoms with E-state index in [1.807, 2.05) is 22.8 Å². The number of nitrogens with one attached hydrogen (secondary N) is 1. The number of hydrogen-bond donors (Lipinski definition) is 1. The fourth-order valence-corrected chi connectivity index (χ4v) is 3.53. The number of ether oxygens (including phenoxy) is 2.